The molecule has 0 nitrogen and oxygen atoms in total. The van der Waals surface area contributed by atoms with E-state index in [-0.39, 0.29) is 0 Å². The number of rotatable bonds is 7. The van der Waals surface area contributed by atoms with E-state index in [0.29, 0.717) is 0 Å². The quantitative estimate of drug-likeness (QED) is 0.314. The summed E-state index contributed by atoms with van der Waals surface area (Å²) >= 11 is 0. The van der Waals surface area contributed by atoms with Gasteiger partial charge in [0.05, 0.1) is 0 Å². The Morgan fingerprint density at radius 2 is 2.09 bits per heavy atom. The lowest BCUT2D eigenvalue weighted by molar-refractivity contribution is 0.482. The lowest BCUT2D eigenvalue weighted by Crippen LogP contribution is -1.94. The van der Waals surface area contributed by atoms with Crippen LogP contribution in [0.5, 0.6) is 0 Å². The third-order valence-corrected chi connectivity index (χ3v) is 3.29. The van der Waals surface area contributed by atoms with Crippen LogP contribution in [0.1, 0.15) is 39.5 Å². The van der Waals surface area contributed by atoms with E-state index in [1.165, 1.54) is 47.3 Å². The summed E-state index contributed by atoms with van der Waals surface area (Å²) in [7, 11) is 1.22. The fraction of sp³-hybridized carbons (Fsp3) is 1.00. The molecule has 0 saturated heterocycles. The first-order valence-corrected chi connectivity index (χ1v) is 6.43. The second kappa shape index (κ2) is 8.59. The normalized spacial score (nSPS) is 14.1. The molecule has 0 aromatic heterocycles. The molecule has 0 bridgehead atoms. The van der Waals surface area contributed by atoms with Gasteiger partial charge in [0.1, 0.15) is 7.00 Å². The van der Waals surface area contributed by atoms with Gasteiger partial charge in [0, 0.05) is 0 Å². The largest absolute Gasteiger partial charge is 0.160 e. The van der Waals surface area contributed by atoms with E-state index in [2.05, 4.69) is 20.7 Å². The van der Waals surface area contributed by atoms with Crippen molar-refractivity contribution in [3.8, 4) is 0 Å². The maximum Gasteiger partial charge on any atom is 0.145 e. The predicted octanol–water partition coefficient (Wildman–Crippen LogP) is 3.28. The van der Waals surface area contributed by atoms with Crippen molar-refractivity contribution in [3.05, 3.63) is 0 Å². The number of hydrogen-bond acceptors (Lipinski definition) is 0. The second-order valence-electron chi connectivity index (χ2n) is 3.39. The lowest BCUT2D eigenvalue weighted by Gasteiger charge is -2.08. The molecule has 66 valence electrons. The maximum atomic E-state index is 2.39. The third kappa shape index (κ3) is 8.40. The molecule has 0 aromatic rings. The van der Waals surface area contributed by atoms with Crippen LogP contribution in [0, 0.1) is 5.92 Å². The highest BCUT2D eigenvalue weighted by molar-refractivity contribution is 7.70. The molecule has 0 rings (SSSR count). The Bertz CT molecular complexity index is 76.0. The van der Waals surface area contributed by atoms with Crippen LogP contribution in [0.25, 0.3) is 0 Å². The maximum absolute atomic E-state index is 2.39. The minimum absolute atomic E-state index is 0.974. The number of hydrogen-bond donors (Lipinski definition) is 0. The molecule has 0 N–H and O–H groups in total. The van der Waals surface area contributed by atoms with Gasteiger partial charge >= 0.3 is 0 Å². The van der Waals surface area contributed by atoms with Crippen LogP contribution in [-0.2, 0) is 0 Å². The van der Waals surface area contributed by atoms with E-state index >= 15 is 0 Å². The molecule has 11 heavy (non-hydrogen) atoms. The van der Waals surface area contributed by atoms with Gasteiger partial charge in [-0.25, -0.2) is 0 Å². The van der Waals surface area contributed by atoms with Crippen molar-refractivity contribution in [1.82, 2.24) is 0 Å². The fourth-order valence-electron chi connectivity index (χ4n) is 1.39. The summed E-state index contributed by atoms with van der Waals surface area (Å²) in [6, 6.07) is 0. The topological polar surface area (TPSA) is 0 Å². The van der Waals surface area contributed by atoms with E-state index in [0.717, 1.165) is 5.92 Å². The average Bonchev–Trinajstić information content (AvgIpc) is 1.99. The Labute approximate surface area is 74.5 Å². The SMILES string of the molecule is CBPCCCC(C)CCC. The van der Waals surface area contributed by atoms with E-state index in [9.17, 15) is 0 Å². The first-order valence-electron chi connectivity index (χ1n) is 5.02. The molecule has 2 atom stereocenters. The molecule has 0 aliphatic rings. The summed E-state index contributed by atoms with van der Waals surface area (Å²) in [6.45, 7) is 8.35. The molecular weight excluding hydrogens is 150 g/mol. The predicted molar refractivity (Wildman–Crippen MR) is 59.5 cm³/mol. The fourth-order valence-corrected chi connectivity index (χ4v) is 2.20. The van der Waals surface area contributed by atoms with Gasteiger partial charge in [-0.2, -0.15) is 8.46 Å². The first-order chi connectivity index (χ1) is 5.31. The minimum Gasteiger partial charge on any atom is -0.160 e. The van der Waals surface area contributed by atoms with Crippen molar-refractivity contribution in [1.29, 1.82) is 0 Å². The van der Waals surface area contributed by atoms with E-state index in [1.54, 1.807) is 0 Å². The molecule has 2 heteroatoms. The van der Waals surface area contributed by atoms with Gasteiger partial charge in [-0.1, -0.05) is 46.4 Å². The van der Waals surface area contributed by atoms with Gasteiger partial charge in [-0.3, -0.25) is 0 Å². The van der Waals surface area contributed by atoms with Crippen LogP contribution in [0.3, 0.4) is 0 Å². The highest BCUT2D eigenvalue weighted by Gasteiger charge is 1.98. The molecule has 0 amide bonds. The molecule has 0 heterocycles. The van der Waals surface area contributed by atoms with Crippen LogP contribution >= 0.6 is 8.46 Å². The van der Waals surface area contributed by atoms with Gasteiger partial charge in [0.25, 0.3) is 0 Å². The van der Waals surface area contributed by atoms with Crippen molar-refractivity contribution >= 4 is 15.5 Å². The van der Waals surface area contributed by atoms with Gasteiger partial charge in [0.2, 0.25) is 0 Å². The Hall–Kier alpha value is 0.495. The first kappa shape index (κ1) is 11.5. The van der Waals surface area contributed by atoms with E-state index < -0.39 is 0 Å². The molecule has 0 spiro atoms. The summed E-state index contributed by atoms with van der Waals surface area (Å²) in [5.41, 5.74) is 0. The highest BCUT2D eigenvalue weighted by atomic mass is 31.1. The van der Waals surface area contributed by atoms with Crippen molar-refractivity contribution in [2.75, 3.05) is 6.16 Å². The molecule has 0 aliphatic carbocycles. The molecule has 2 unspecified atom stereocenters. The molecule has 0 aliphatic heterocycles. The zero-order valence-corrected chi connectivity index (χ0v) is 9.32. The average molecular weight is 172 g/mol. The Morgan fingerprint density at radius 1 is 1.36 bits per heavy atom. The van der Waals surface area contributed by atoms with Crippen molar-refractivity contribution in [2.45, 2.75) is 46.4 Å². The Kier molecular flexibility index (Phi) is 8.98. The molecule has 0 radical (unpaired) electrons. The van der Waals surface area contributed by atoms with Crippen LogP contribution in [0.4, 0.5) is 0 Å². The van der Waals surface area contributed by atoms with Crippen LogP contribution < -0.4 is 0 Å². The van der Waals surface area contributed by atoms with E-state index in [1.807, 2.05) is 0 Å². The summed E-state index contributed by atoms with van der Waals surface area (Å²) in [6.07, 6.45) is 7.19. The second-order valence-corrected chi connectivity index (χ2v) is 5.10. The van der Waals surface area contributed by atoms with Crippen LogP contribution in [-0.4, -0.2) is 13.2 Å². The molecule has 0 saturated carbocycles. The summed E-state index contributed by atoms with van der Waals surface area (Å²) in [5, 5.41) is 0. The third-order valence-electron chi connectivity index (χ3n) is 2.08. The summed E-state index contributed by atoms with van der Waals surface area (Å²) < 4.78 is 0. The highest BCUT2D eigenvalue weighted by Crippen LogP contribution is 2.16. The Balaban J connectivity index is 2.97. The zero-order chi connectivity index (χ0) is 8.53. The summed E-state index contributed by atoms with van der Waals surface area (Å²) in [5.74, 6) is 0.974. The van der Waals surface area contributed by atoms with Crippen molar-refractivity contribution < 1.29 is 0 Å². The van der Waals surface area contributed by atoms with Crippen LogP contribution in [0.2, 0.25) is 6.82 Å². The molecule has 0 fully saturated rings. The summed E-state index contributed by atoms with van der Waals surface area (Å²) in [4.78, 5) is 0. The van der Waals surface area contributed by atoms with E-state index in [4.69, 9.17) is 0 Å². The van der Waals surface area contributed by atoms with Gasteiger partial charge < -0.3 is 0 Å². The van der Waals surface area contributed by atoms with Gasteiger partial charge in [0.15, 0.2) is 0 Å². The standard InChI is InChI=1S/C9H22BP/c1-4-6-9(2)7-5-8-11-10-3/h9-11H,4-8H2,1-3H3. The Morgan fingerprint density at radius 3 is 2.64 bits per heavy atom. The monoisotopic (exact) mass is 172 g/mol. The lowest BCUT2D eigenvalue weighted by atomic mass is 10.0. The molecular formula is C9H22BP. The van der Waals surface area contributed by atoms with Gasteiger partial charge in [-0.15, -0.1) is 0 Å². The smallest absolute Gasteiger partial charge is 0.145 e. The van der Waals surface area contributed by atoms with Crippen molar-refractivity contribution in [3.63, 3.8) is 0 Å². The minimum atomic E-state index is 0.974. The molecule has 0 aromatic carbocycles. The zero-order valence-electron chi connectivity index (χ0n) is 8.32. The van der Waals surface area contributed by atoms with Crippen molar-refractivity contribution in [2.24, 2.45) is 5.92 Å². The van der Waals surface area contributed by atoms with Gasteiger partial charge in [-0.05, 0) is 12.1 Å². The van der Waals surface area contributed by atoms with Crippen LogP contribution in [0.15, 0.2) is 0 Å².